The van der Waals surface area contributed by atoms with Crippen molar-refractivity contribution >= 4 is 38.9 Å². The zero-order chi connectivity index (χ0) is 43.8. The van der Waals surface area contributed by atoms with Gasteiger partial charge in [0.1, 0.15) is 0 Å². The van der Waals surface area contributed by atoms with E-state index in [0.29, 0.717) is 5.92 Å². The van der Waals surface area contributed by atoms with Crippen molar-refractivity contribution < 1.29 is 0 Å². The number of nitrogens with zero attached hydrogens (tertiary/aromatic N) is 2. The van der Waals surface area contributed by atoms with E-state index in [1.807, 2.05) is 0 Å². The Balaban J connectivity index is 1.05. The molecule has 0 saturated heterocycles. The lowest BCUT2D eigenvalue weighted by molar-refractivity contribution is 0.590. The van der Waals surface area contributed by atoms with Gasteiger partial charge in [0.2, 0.25) is 0 Å². The highest BCUT2D eigenvalue weighted by Crippen LogP contribution is 2.41. The molecule has 1 heterocycles. The molecule has 1 aromatic heterocycles. The zero-order valence-corrected chi connectivity index (χ0v) is 37.5. The summed E-state index contributed by atoms with van der Waals surface area (Å²) in [5, 5.41) is 2.49. The third-order valence-corrected chi connectivity index (χ3v) is 13.1. The maximum absolute atomic E-state index is 2.43. The van der Waals surface area contributed by atoms with Crippen molar-refractivity contribution in [3.63, 3.8) is 0 Å². The van der Waals surface area contributed by atoms with Crippen molar-refractivity contribution in [3.8, 4) is 50.2 Å². The lowest BCUT2D eigenvalue weighted by Gasteiger charge is -2.26. The molecule has 2 nitrogen and oxygen atoms in total. The predicted octanol–water partition coefficient (Wildman–Crippen LogP) is 17.7. The van der Waals surface area contributed by atoms with Crippen molar-refractivity contribution in [1.29, 1.82) is 0 Å². The average molecular weight is 827 g/mol. The fourth-order valence-electron chi connectivity index (χ4n) is 9.13. The maximum atomic E-state index is 2.43. The van der Waals surface area contributed by atoms with Crippen LogP contribution in [-0.2, 0) is 5.41 Å². The van der Waals surface area contributed by atoms with Crippen LogP contribution in [0.15, 0.2) is 218 Å². The Bertz CT molecular complexity index is 3090. The average Bonchev–Trinajstić information content (AvgIpc) is 3.68. The third-order valence-electron chi connectivity index (χ3n) is 13.1. The van der Waals surface area contributed by atoms with E-state index < -0.39 is 0 Å². The Kier molecular flexibility index (Phi) is 10.8. The first-order chi connectivity index (χ1) is 31.2. The fraction of sp³-hybridized carbons (Fsp3) is 0.129. The van der Waals surface area contributed by atoms with Gasteiger partial charge in [-0.2, -0.15) is 0 Å². The van der Waals surface area contributed by atoms with E-state index in [1.54, 1.807) is 0 Å². The van der Waals surface area contributed by atoms with Gasteiger partial charge in [0.05, 0.1) is 11.0 Å². The molecule has 1 unspecified atom stereocenters. The van der Waals surface area contributed by atoms with Crippen LogP contribution >= 0.6 is 0 Å². The van der Waals surface area contributed by atoms with Gasteiger partial charge >= 0.3 is 0 Å². The molecule has 64 heavy (non-hydrogen) atoms. The molecule has 0 radical (unpaired) electrons. The Morgan fingerprint density at radius 3 is 1.16 bits per heavy atom. The van der Waals surface area contributed by atoms with E-state index in [9.17, 15) is 0 Å². The summed E-state index contributed by atoms with van der Waals surface area (Å²) in [6.45, 7) is 11.4. The second kappa shape index (κ2) is 17.0. The van der Waals surface area contributed by atoms with Gasteiger partial charge in [-0.3, -0.25) is 0 Å². The molecule has 9 aromatic carbocycles. The molecular formula is C62H54N2. The molecule has 0 N–H and O–H groups in total. The first-order valence-corrected chi connectivity index (χ1v) is 22.7. The Morgan fingerprint density at radius 2 is 0.766 bits per heavy atom. The summed E-state index contributed by atoms with van der Waals surface area (Å²) < 4.78 is 2.43. The molecule has 0 fully saturated rings. The van der Waals surface area contributed by atoms with Gasteiger partial charge in [-0.05, 0) is 146 Å². The Labute approximate surface area is 378 Å². The van der Waals surface area contributed by atoms with Crippen molar-refractivity contribution in [1.82, 2.24) is 4.57 Å². The maximum Gasteiger partial charge on any atom is 0.0541 e. The second-order valence-electron chi connectivity index (χ2n) is 18.2. The molecular weight excluding hydrogens is 773 g/mol. The van der Waals surface area contributed by atoms with Crippen LogP contribution < -0.4 is 4.90 Å². The molecule has 312 valence electrons. The molecule has 10 rings (SSSR count). The number of hydrogen-bond donors (Lipinski definition) is 0. The molecule has 2 heteroatoms. The van der Waals surface area contributed by atoms with Gasteiger partial charge < -0.3 is 9.47 Å². The number of aromatic nitrogens is 1. The van der Waals surface area contributed by atoms with Crippen molar-refractivity contribution in [2.24, 2.45) is 0 Å². The summed E-state index contributed by atoms with van der Waals surface area (Å²) >= 11 is 0. The standard InChI is InChI=1S/C62H54N2/c1-6-43(2)44-17-19-49(20-18-44)51-27-39-60-58(41-51)59-42-52(28-40-61(59)64(60)57-37-29-53(30-38-57)62(3,4)5)50-25-35-56(36-26-50)63(54-31-21-47(22-32-54)45-13-9-7-10-14-45)55-33-23-48(24-34-55)46-15-11-8-12-16-46/h7-43H,6H2,1-5H3. The minimum absolute atomic E-state index is 0.0835. The monoisotopic (exact) mass is 826 g/mol. The van der Waals surface area contributed by atoms with Crippen LogP contribution in [0.25, 0.3) is 72.0 Å². The summed E-state index contributed by atoms with van der Waals surface area (Å²) in [6, 6.07) is 80.4. The Hall–Kier alpha value is -7.42. The van der Waals surface area contributed by atoms with Gasteiger partial charge in [0.25, 0.3) is 0 Å². The van der Waals surface area contributed by atoms with Crippen LogP contribution in [0.2, 0.25) is 0 Å². The summed E-state index contributed by atoms with van der Waals surface area (Å²) in [4.78, 5) is 2.35. The largest absolute Gasteiger partial charge is 0.311 e. The number of fused-ring (bicyclic) bond motifs is 3. The topological polar surface area (TPSA) is 8.17 Å². The minimum atomic E-state index is 0.0835. The van der Waals surface area contributed by atoms with E-state index in [4.69, 9.17) is 0 Å². The van der Waals surface area contributed by atoms with Crippen molar-refractivity contribution in [2.75, 3.05) is 4.90 Å². The number of hydrogen-bond acceptors (Lipinski definition) is 1. The molecule has 0 aliphatic carbocycles. The molecule has 0 amide bonds. The molecule has 0 bridgehead atoms. The van der Waals surface area contributed by atoms with Crippen molar-refractivity contribution in [2.45, 2.75) is 52.4 Å². The summed E-state index contributed by atoms with van der Waals surface area (Å²) in [6.07, 6.45) is 1.14. The number of anilines is 3. The normalized spacial score (nSPS) is 12.1. The predicted molar refractivity (Wildman–Crippen MR) is 275 cm³/mol. The minimum Gasteiger partial charge on any atom is -0.311 e. The summed E-state index contributed by atoms with van der Waals surface area (Å²) in [5.41, 5.74) is 19.4. The summed E-state index contributed by atoms with van der Waals surface area (Å²) in [5.74, 6) is 0.549. The second-order valence-corrected chi connectivity index (χ2v) is 18.2. The highest BCUT2D eigenvalue weighted by atomic mass is 15.1. The Morgan fingerprint density at radius 1 is 0.406 bits per heavy atom. The molecule has 0 saturated carbocycles. The number of benzene rings is 9. The summed E-state index contributed by atoms with van der Waals surface area (Å²) in [7, 11) is 0. The molecule has 0 spiro atoms. The van der Waals surface area contributed by atoms with Crippen LogP contribution in [-0.4, -0.2) is 4.57 Å². The van der Waals surface area contributed by atoms with Crippen LogP contribution in [0.5, 0.6) is 0 Å². The smallest absolute Gasteiger partial charge is 0.0541 e. The van der Waals surface area contributed by atoms with Gasteiger partial charge in [-0.15, -0.1) is 0 Å². The number of rotatable bonds is 10. The SMILES string of the molecule is CCC(C)c1ccc(-c2ccc3c(c2)c2cc(-c4ccc(N(c5ccc(-c6ccccc6)cc5)c5ccc(-c6ccccc6)cc5)cc4)ccc2n3-c2ccc(C(C)(C)C)cc2)cc1. The first kappa shape index (κ1) is 40.6. The van der Waals surface area contributed by atoms with Gasteiger partial charge in [0.15, 0.2) is 0 Å². The molecule has 0 aliphatic heterocycles. The lowest BCUT2D eigenvalue weighted by atomic mass is 9.87. The van der Waals surface area contributed by atoms with E-state index >= 15 is 0 Å². The van der Waals surface area contributed by atoms with E-state index in [0.717, 1.165) is 23.5 Å². The lowest BCUT2D eigenvalue weighted by Crippen LogP contribution is -2.10. The van der Waals surface area contributed by atoms with Crippen LogP contribution in [0, 0.1) is 0 Å². The van der Waals surface area contributed by atoms with Gasteiger partial charge in [-0.1, -0.05) is 180 Å². The zero-order valence-electron chi connectivity index (χ0n) is 37.5. The van der Waals surface area contributed by atoms with Gasteiger partial charge in [0, 0.05) is 33.5 Å². The molecule has 0 aliphatic rings. The van der Waals surface area contributed by atoms with Gasteiger partial charge in [-0.25, -0.2) is 0 Å². The van der Waals surface area contributed by atoms with Crippen molar-refractivity contribution in [3.05, 3.63) is 230 Å². The van der Waals surface area contributed by atoms with E-state index in [2.05, 4.69) is 262 Å². The van der Waals surface area contributed by atoms with E-state index in [-0.39, 0.29) is 5.41 Å². The highest BCUT2D eigenvalue weighted by molar-refractivity contribution is 6.11. The van der Waals surface area contributed by atoms with Crippen LogP contribution in [0.1, 0.15) is 58.1 Å². The fourth-order valence-corrected chi connectivity index (χ4v) is 9.13. The van der Waals surface area contributed by atoms with Crippen LogP contribution in [0.4, 0.5) is 17.1 Å². The van der Waals surface area contributed by atoms with Crippen LogP contribution in [0.3, 0.4) is 0 Å². The third kappa shape index (κ3) is 7.93. The first-order valence-electron chi connectivity index (χ1n) is 22.7. The quantitative estimate of drug-likeness (QED) is 0.133. The molecule has 1 atom stereocenters. The van der Waals surface area contributed by atoms with E-state index in [1.165, 1.54) is 83.1 Å². The molecule has 10 aromatic rings. The highest BCUT2D eigenvalue weighted by Gasteiger charge is 2.19.